The maximum absolute atomic E-state index is 13.0. The Bertz CT molecular complexity index is 1890. The molecule has 1 fully saturated rings. The molecule has 238 valence electrons. The molecule has 5 aromatic rings. The molecule has 2 aliphatic rings. The van der Waals surface area contributed by atoms with Crippen LogP contribution in [0.4, 0.5) is 0 Å². The van der Waals surface area contributed by atoms with E-state index in [0.717, 1.165) is 74.8 Å². The lowest BCUT2D eigenvalue weighted by atomic mass is 9.98. The molecule has 0 saturated carbocycles. The Labute approximate surface area is 267 Å². The molecule has 9 heteroatoms. The molecule has 1 atom stereocenters. The van der Waals surface area contributed by atoms with Gasteiger partial charge in [-0.3, -0.25) is 4.68 Å². The van der Waals surface area contributed by atoms with E-state index >= 15 is 0 Å². The maximum atomic E-state index is 13.0. The number of ether oxygens (including phenoxy) is 4. The third-order valence-corrected chi connectivity index (χ3v) is 8.93. The van der Waals surface area contributed by atoms with Gasteiger partial charge < -0.3 is 28.6 Å². The zero-order chi connectivity index (χ0) is 31.5. The van der Waals surface area contributed by atoms with Gasteiger partial charge in [0.25, 0.3) is 0 Å². The molecule has 1 unspecified atom stereocenters. The van der Waals surface area contributed by atoms with Crippen molar-refractivity contribution in [1.29, 1.82) is 0 Å². The fourth-order valence-electron chi connectivity index (χ4n) is 6.80. The summed E-state index contributed by atoms with van der Waals surface area (Å²) in [6.45, 7) is 2.63. The highest BCUT2D eigenvalue weighted by Crippen LogP contribution is 2.39. The average Bonchev–Trinajstić information content (AvgIpc) is 3.56. The minimum atomic E-state index is -0.948. The SMILES string of the molecule is Cn1nc(COC2CCCCO2)c2c1COC/C=C\Cn1c(C(=O)O)c(CCCOc3cccc4ccccc34)c3cccc-2c31. The number of carboxylic acids is 1. The highest BCUT2D eigenvalue weighted by molar-refractivity contribution is 6.04. The van der Waals surface area contributed by atoms with Gasteiger partial charge in [-0.1, -0.05) is 66.7 Å². The molecule has 1 saturated heterocycles. The van der Waals surface area contributed by atoms with Crippen molar-refractivity contribution in [2.75, 3.05) is 19.8 Å². The third-order valence-electron chi connectivity index (χ3n) is 8.93. The monoisotopic (exact) mass is 621 g/mol. The van der Waals surface area contributed by atoms with E-state index in [1.54, 1.807) is 0 Å². The molecule has 9 nitrogen and oxygen atoms in total. The second-order valence-electron chi connectivity index (χ2n) is 11.9. The van der Waals surface area contributed by atoms with E-state index in [9.17, 15) is 9.90 Å². The molecule has 4 heterocycles. The third kappa shape index (κ3) is 5.93. The van der Waals surface area contributed by atoms with E-state index in [-0.39, 0.29) is 12.9 Å². The summed E-state index contributed by atoms with van der Waals surface area (Å²) in [5, 5.41) is 18.6. The van der Waals surface area contributed by atoms with Crippen LogP contribution in [0.15, 0.2) is 72.8 Å². The molecule has 0 aliphatic carbocycles. The number of hydrogen-bond donors (Lipinski definition) is 1. The van der Waals surface area contributed by atoms with E-state index < -0.39 is 5.97 Å². The van der Waals surface area contributed by atoms with Crippen LogP contribution in [0.5, 0.6) is 5.75 Å². The van der Waals surface area contributed by atoms with Crippen molar-refractivity contribution in [1.82, 2.24) is 14.3 Å². The van der Waals surface area contributed by atoms with Gasteiger partial charge in [0.1, 0.15) is 11.4 Å². The number of fused-ring (bicyclic) bond motifs is 3. The summed E-state index contributed by atoms with van der Waals surface area (Å²) >= 11 is 0. The lowest BCUT2D eigenvalue weighted by Gasteiger charge is -2.22. The summed E-state index contributed by atoms with van der Waals surface area (Å²) in [5.74, 6) is -0.114. The van der Waals surface area contributed by atoms with Crippen LogP contribution in [0.3, 0.4) is 0 Å². The molecule has 0 bridgehead atoms. The van der Waals surface area contributed by atoms with Crippen LogP contribution in [0.2, 0.25) is 0 Å². The van der Waals surface area contributed by atoms with Crippen molar-refractivity contribution in [2.24, 2.45) is 7.05 Å². The number of hydrogen-bond acceptors (Lipinski definition) is 6. The standard InChI is InChI=1S/C37H39N3O6/c1-39-31-24-43-20-7-5-19-40-35-27(14-9-15-29(35)34(31)30(38-39)23-46-33-18-4-6-21-45-33)28(36(40)37(41)42)16-10-22-44-32-17-8-12-25-11-2-3-13-26(25)32/h2-3,5,7-9,11-15,17,33H,4,6,10,16,18-24H2,1H3,(H,41,42)/b7-5-. The number of aromatic carboxylic acids is 1. The molecule has 1 N–H and O–H groups in total. The lowest BCUT2D eigenvalue weighted by Crippen LogP contribution is -2.22. The van der Waals surface area contributed by atoms with Crippen LogP contribution in [-0.2, 0) is 47.4 Å². The molecule has 3 aromatic carbocycles. The van der Waals surface area contributed by atoms with Gasteiger partial charge in [-0.15, -0.1) is 0 Å². The summed E-state index contributed by atoms with van der Waals surface area (Å²) in [6.07, 6.45) is 7.88. The first-order chi connectivity index (χ1) is 22.6. The van der Waals surface area contributed by atoms with Crippen molar-refractivity contribution in [3.63, 3.8) is 0 Å². The first-order valence-corrected chi connectivity index (χ1v) is 16.1. The van der Waals surface area contributed by atoms with Crippen LogP contribution in [0.25, 0.3) is 32.8 Å². The zero-order valence-electron chi connectivity index (χ0n) is 26.1. The summed E-state index contributed by atoms with van der Waals surface area (Å²) < 4.78 is 28.1. The first kappa shape index (κ1) is 30.2. The van der Waals surface area contributed by atoms with E-state index in [1.165, 1.54) is 0 Å². The van der Waals surface area contributed by atoms with Gasteiger partial charge in [0, 0.05) is 42.1 Å². The lowest BCUT2D eigenvalue weighted by molar-refractivity contribution is -0.169. The molecular formula is C37H39N3O6. The van der Waals surface area contributed by atoms with Gasteiger partial charge in [-0.2, -0.15) is 5.10 Å². The number of nitrogens with zero attached hydrogens (tertiary/aromatic N) is 3. The fraction of sp³-hybridized carbons (Fsp3) is 0.351. The van der Waals surface area contributed by atoms with E-state index in [1.807, 2.05) is 64.8 Å². The van der Waals surface area contributed by atoms with Gasteiger partial charge in [0.2, 0.25) is 0 Å². The number of para-hydroxylation sites is 1. The summed E-state index contributed by atoms with van der Waals surface area (Å²) in [4.78, 5) is 13.0. The molecule has 2 aromatic heterocycles. The molecule has 0 spiro atoms. The topological polar surface area (TPSA) is 97.0 Å². The van der Waals surface area contributed by atoms with Crippen LogP contribution < -0.4 is 4.74 Å². The van der Waals surface area contributed by atoms with Crippen LogP contribution >= 0.6 is 0 Å². The largest absolute Gasteiger partial charge is 0.493 e. The number of carboxylic acid groups (broad SMARTS) is 1. The molecule has 0 radical (unpaired) electrons. The second-order valence-corrected chi connectivity index (χ2v) is 11.9. The predicted octanol–water partition coefficient (Wildman–Crippen LogP) is 7.03. The second kappa shape index (κ2) is 13.5. The predicted molar refractivity (Wildman–Crippen MR) is 176 cm³/mol. The number of aromatic nitrogens is 3. The van der Waals surface area contributed by atoms with Gasteiger partial charge >= 0.3 is 5.97 Å². The van der Waals surface area contributed by atoms with Gasteiger partial charge in [-0.05, 0) is 49.1 Å². The quantitative estimate of drug-likeness (QED) is 0.139. The Balaban J connectivity index is 1.26. The van der Waals surface area contributed by atoms with Crippen molar-refractivity contribution in [3.05, 3.63) is 95.5 Å². The molecule has 46 heavy (non-hydrogen) atoms. The minimum absolute atomic E-state index is 0.254. The van der Waals surface area contributed by atoms with Crippen molar-refractivity contribution >= 4 is 27.6 Å². The highest BCUT2D eigenvalue weighted by atomic mass is 16.7. The fourth-order valence-corrected chi connectivity index (χ4v) is 6.80. The summed E-state index contributed by atoms with van der Waals surface area (Å²) in [5.41, 5.74) is 5.53. The molecule has 7 rings (SSSR count). The number of carbonyl (C=O) groups is 1. The number of aryl methyl sites for hydroxylation is 2. The van der Waals surface area contributed by atoms with Crippen LogP contribution in [0.1, 0.15) is 53.1 Å². The highest BCUT2D eigenvalue weighted by Gasteiger charge is 2.28. The molecule has 2 aliphatic heterocycles. The van der Waals surface area contributed by atoms with E-state index in [0.29, 0.717) is 51.5 Å². The average molecular weight is 622 g/mol. The Morgan fingerprint density at radius 1 is 1.04 bits per heavy atom. The number of benzene rings is 3. The maximum Gasteiger partial charge on any atom is 0.352 e. The number of allylic oxidation sites excluding steroid dienone is 1. The van der Waals surface area contributed by atoms with E-state index in [4.69, 9.17) is 24.0 Å². The minimum Gasteiger partial charge on any atom is -0.493 e. The molecule has 0 amide bonds. The van der Waals surface area contributed by atoms with Crippen molar-refractivity contribution in [3.8, 4) is 16.9 Å². The van der Waals surface area contributed by atoms with Gasteiger partial charge in [0.05, 0.1) is 43.3 Å². The van der Waals surface area contributed by atoms with E-state index in [2.05, 4.69) is 24.3 Å². The summed E-state index contributed by atoms with van der Waals surface area (Å²) in [6, 6.07) is 20.3. The Morgan fingerprint density at radius 2 is 1.89 bits per heavy atom. The zero-order valence-corrected chi connectivity index (χ0v) is 26.1. The first-order valence-electron chi connectivity index (χ1n) is 16.1. The van der Waals surface area contributed by atoms with Crippen LogP contribution in [-0.4, -0.2) is 51.5 Å². The van der Waals surface area contributed by atoms with Crippen molar-refractivity contribution in [2.45, 2.75) is 58.2 Å². The van der Waals surface area contributed by atoms with Gasteiger partial charge in [0.15, 0.2) is 6.29 Å². The normalized spacial score (nSPS) is 17.5. The van der Waals surface area contributed by atoms with Crippen LogP contribution in [0, 0.1) is 0 Å². The Kier molecular flexibility index (Phi) is 8.87. The Hall–Kier alpha value is -4.44. The van der Waals surface area contributed by atoms with Gasteiger partial charge in [-0.25, -0.2) is 4.79 Å². The molecular weight excluding hydrogens is 582 g/mol. The Morgan fingerprint density at radius 3 is 2.76 bits per heavy atom. The summed E-state index contributed by atoms with van der Waals surface area (Å²) in [7, 11) is 1.92. The smallest absolute Gasteiger partial charge is 0.352 e. The van der Waals surface area contributed by atoms with Crippen molar-refractivity contribution < 1.29 is 28.8 Å². The number of rotatable bonds is 9.